The monoisotopic (exact) mass is 382 g/mol. The lowest BCUT2D eigenvalue weighted by Gasteiger charge is -2.22. The third kappa shape index (κ3) is 3.60. The van der Waals surface area contributed by atoms with E-state index in [1.54, 1.807) is 6.92 Å². The summed E-state index contributed by atoms with van der Waals surface area (Å²) >= 11 is 0. The second-order valence-electron chi connectivity index (χ2n) is 7.10. The summed E-state index contributed by atoms with van der Waals surface area (Å²) < 4.78 is 16.3. The van der Waals surface area contributed by atoms with E-state index < -0.39 is 5.54 Å². The zero-order chi connectivity index (χ0) is 19.6. The van der Waals surface area contributed by atoms with Gasteiger partial charge in [0.05, 0.1) is 6.61 Å². The van der Waals surface area contributed by atoms with E-state index in [9.17, 15) is 9.59 Å². The van der Waals surface area contributed by atoms with Gasteiger partial charge in [-0.15, -0.1) is 0 Å². The van der Waals surface area contributed by atoms with Crippen LogP contribution in [-0.2, 0) is 11.2 Å². The molecule has 2 aliphatic rings. The Labute approximate surface area is 163 Å². The van der Waals surface area contributed by atoms with Gasteiger partial charge >= 0.3 is 6.03 Å². The summed E-state index contributed by atoms with van der Waals surface area (Å²) in [6, 6.07) is 14.6. The van der Waals surface area contributed by atoms with E-state index in [0.717, 1.165) is 11.3 Å². The number of benzene rings is 2. The molecule has 2 heterocycles. The van der Waals surface area contributed by atoms with Crippen LogP contribution in [0.2, 0.25) is 0 Å². The molecule has 0 aliphatic carbocycles. The number of imide groups is 1. The number of hydrogen-bond donors (Lipinski definition) is 1. The minimum atomic E-state index is -0.981. The first-order chi connectivity index (χ1) is 13.5. The SMILES string of the molecule is CC1(Cc2ccc3c(c2)OCO3)NC(=O)N(CCCOc2ccccc2)C1=O. The third-order valence-corrected chi connectivity index (χ3v) is 4.88. The average Bonchev–Trinajstić information content (AvgIpc) is 3.23. The number of urea groups is 1. The number of nitrogens with one attached hydrogen (secondary N) is 1. The van der Waals surface area contributed by atoms with Crippen molar-refractivity contribution < 1.29 is 23.8 Å². The van der Waals surface area contributed by atoms with Crippen LogP contribution in [-0.4, -0.2) is 42.3 Å². The van der Waals surface area contributed by atoms with Gasteiger partial charge in [0.15, 0.2) is 11.5 Å². The molecule has 4 rings (SSSR count). The maximum Gasteiger partial charge on any atom is 0.325 e. The number of nitrogens with zero attached hydrogens (tertiary/aromatic N) is 1. The summed E-state index contributed by atoms with van der Waals surface area (Å²) in [4.78, 5) is 26.5. The van der Waals surface area contributed by atoms with Crippen LogP contribution in [0, 0.1) is 0 Å². The topological polar surface area (TPSA) is 77.1 Å². The number of rotatable bonds is 7. The van der Waals surface area contributed by atoms with E-state index in [2.05, 4.69) is 5.32 Å². The predicted octanol–water partition coefficient (Wildman–Crippen LogP) is 2.74. The Morgan fingerprint density at radius 2 is 1.89 bits per heavy atom. The van der Waals surface area contributed by atoms with Crippen molar-refractivity contribution in [2.45, 2.75) is 25.3 Å². The first kappa shape index (κ1) is 18.2. The molecule has 7 heteroatoms. The van der Waals surface area contributed by atoms with Gasteiger partial charge in [-0.05, 0) is 43.2 Å². The van der Waals surface area contributed by atoms with Crippen LogP contribution in [0.1, 0.15) is 18.9 Å². The number of carbonyl (C=O) groups is 2. The minimum Gasteiger partial charge on any atom is -0.494 e. The molecule has 1 N–H and O–H groups in total. The molecule has 1 unspecified atom stereocenters. The van der Waals surface area contributed by atoms with Crippen LogP contribution in [0.5, 0.6) is 17.2 Å². The predicted molar refractivity (Wildman–Crippen MR) is 101 cm³/mol. The van der Waals surface area contributed by atoms with E-state index in [4.69, 9.17) is 14.2 Å². The Morgan fingerprint density at radius 1 is 1.11 bits per heavy atom. The Bertz CT molecular complexity index is 886. The fraction of sp³-hybridized carbons (Fsp3) is 0.333. The maximum absolute atomic E-state index is 12.9. The minimum absolute atomic E-state index is 0.199. The van der Waals surface area contributed by atoms with Gasteiger partial charge in [-0.2, -0.15) is 0 Å². The lowest BCUT2D eigenvalue weighted by molar-refractivity contribution is -0.130. The van der Waals surface area contributed by atoms with Gasteiger partial charge in [-0.25, -0.2) is 4.79 Å². The molecule has 1 atom stereocenters. The van der Waals surface area contributed by atoms with Crippen molar-refractivity contribution in [1.82, 2.24) is 10.2 Å². The first-order valence-electron chi connectivity index (χ1n) is 9.26. The molecule has 2 aromatic rings. The van der Waals surface area contributed by atoms with Gasteiger partial charge in [0.2, 0.25) is 6.79 Å². The number of fused-ring (bicyclic) bond motifs is 1. The summed E-state index contributed by atoms with van der Waals surface area (Å²) in [5.74, 6) is 1.89. The van der Waals surface area contributed by atoms with Crippen LogP contribution in [0.15, 0.2) is 48.5 Å². The fourth-order valence-electron chi connectivity index (χ4n) is 3.46. The molecule has 28 heavy (non-hydrogen) atoms. The second-order valence-corrected chi connectivity index (χ2v) is 7.10. The smallest absolute Gasteiger partial charge is 0.325 e. The van der Waals surface area contributed by atoms with Crippen LogP contribution in [0.3, 0.4) is 0 Å². The molecule has 1 saturated heterocycles. The Kier molecular flexibility index (Phi) is 4.81. The summed E-state index contributed by atoms with van der Waals surface area (Å²) in [6.07, 6.45) is 0.944. The molecule has 0 spiro atoms. The molecular weight excluding hydrogens is 360 g/mol. The first-order valence-corrected chi connectivity index (χ1v) is 9.26. The standard InChI is InChI=1S/C21H22N2O5/c1-21(13-15-8-9-17-18(12-15)28-14-27-17)19(24)23(20(25)22-21)10-5-11-26-16-6-3-2-4-7-16/h2-4,6-9,12H,5,10-11,13-14H2,1H3,(H,22,25). The highest BCUT2D eigenvalue weighted by Crippen LogP contribution is 2.34. The van der Waals surface area contributed by atoms with Crippen LogP contribution >= 0.6 is 0 Å². The molecule has 0 saturated carbocycles. The Morgan fingerprint density at radius 3 is 2.71 bits per heavy atom. The number of amides is 3. The molecule has 0 aromatic heterocycles. The van der Waals surface area contributed by atoms with E-state index in [-0.39, 0.29) is 18.7 Å². The number of ether oxygens (including phenoxy) is 3. The van der Waals surface area contributed by atoms with Crippen LogP contribution in [0.25, 0.3) is 0 Å². The van der Waals surface area contributed by atoms with Crippen molar-refractivity contribution in [1.29, 1.82) is 0 Å². The van der Waals surface area contributed by atoms with Crippen molar-refractivity contribution in [3.8, 4) is 17.2 Å². The number of hydrogen-bond acceptors (Lipinski definition) is 5. The van der Waals surface area contributed by atoms with Crippen molar-refractivity contribution in [2.75, 3.05) is 19.9 Å². The zero-order valence-corrected chi connectivity index (χ0v) is 15.6. The van der Waals surface area contributed by atoms with Gasteiger partial charge in [-0.3, -0.25) is 9.69 Å². The van der Waals surface area contributed by atoms with E-state index in [1.807, 2.05) is 48.5 Å². The molecule has 2 aromatic carbocycles. The number of para-hydroxylation sites is 1. The molecule has 0 radical (unpaired) electrons. The fourth-order valence-corrected chi connectivity index (χ4v) is 3.46. The normalized spacial score (nSPS) is 20.4. The van der Waals surface area contributed by atoms with Crippen molar-refractivity contribution >= 4 is 11.9 Å². The highest BCUT2D eigenvalue weighted by atomic mass is 16.7. The molecule has 1 fully saturated rings. The summed E-state index contributed by atoms with van der Waals surface area (Å²) in [6.45, 7) is 2.69. The largest absolute Gasteiger partial charge is 0.494 e. The van der Waals surface area contributed by atoms with Crippen LogP contribution in [0.4, 0.5) is 4.79 Å². The van der Waals surface area contributed by atoms with Crippen molar-refractivity contribution in [3.63, 3.8) is 0 Å². The van der Waals surface area contributed by atoms with E-state index in [1.165, 1.54) is 4.90 Å². The molecule has 7 nitrogen and oxygen atoms in total. The van der Waals surface area contributed by atoms with E-state index >= 15 is 0 Å². The molecule has 146 valence electrons. The van der Waals surface area contributed by atoms with Crippen molar-refractivity contribution in [3.05, 3.63) is 54.1 Å². The highest BCUT2D eigenvalue weighted by molar-refractivity contribution is 6.06. The summed E-state index contributed by atoms with van der Waals surface area (Å²) in [5, 5.41) is 2.83. The van der Waals surface area contributed by atoms with Crippen LogP contribution < -0.4 is 19.5 Å². The zero-order valence-electron chi connectivity index (χ0n) is 15.6. The molecule has 2 aliphatic heterocycles. The Balaban J connectivity index is 1.34. The Hall–Kier alpha value is -3.22. The van der Waals surface area contributed by atoms with Crippen molar-refractivity contribution in [2.24, 2.45) is 0 Å². The highest BCUT2D eigenvalue weighted by Gasteiger charge is 2.47. The third-order valence-electron chi connectivity index (χ3n) is 4.88. The lowest BCUT2D eigenvalue weighted by atomic mass is 9.92. The molecule has 3 amide bonds. The summed E-state index contributed by atoms with van der Waals surface area (Å²) in [7, 11) is 0. The van der Waals surface area contributed by atoms with Gasteiger partial charge in [0.25, 0.3) is 5.91 Å². The molecule has 0 bridgehead atoms. The van der Waals surface area contributed by atoms with Gasteiger partial charge < -0.3 is 19.5 Å². The van der Waals surface area contributed by atoms with Gasteiger partial charge in [0.1, 0.15) is 11.3 Å². The average molecular weight is 382 g/mol. The second kappa shape index (κ2) is 7.42. The molecular formula is C21H22N2O5. The summed E-state index contributed by atoms with van der Waals surface area (Å²) in [5.41, 5.74) is -0.0832. The van der Waals surface area contributed by atoms with Gasteiger partial charge in [-0.1, -0.05) is 24.3 Å². The maximum atomic E-state index is 12.9. The number of carbonyl (C=O) groups excluding carboxylic acids is 2. The van der Waals surface area contributed by atoms with Gasteiger partial charge in [0, 0.05) is 13.0 Å². The lowest BCUT2D eigenvalue weighted by Crippen LogP contribution is -2.46. The quantitative estimate of drug-likeness (QED) is 0.589. The van der Waals surface area contributed by atoms with E-state index in [0.29, 0.717) is 37.5 Å².